The first-order valence-corrected chi connectivity index (χ1v) is 10.9. The lowest BCUT2D eigenvalue weighted by atomic mass is 9.83. The van der Waals surface area contributed by atoms with Gasteiger partial charge in [-0.05, 0) is 52.4 Å². The van der Waals surface area contributed by atoms with Gasteiger partial charge in [-0.2, -0.15) is 0 Å². The summed E-state index contributed by atoms with van der Waals surface area (Å²) in [5.74, 6) is 0.931. The molecule has 148 valence electrons. The Labute approximate surface area is 163 Å². The van der Waals surface area contributed by atoms with Crippen LogP contribution >= 0.6 is 11.3 Å². The van der Waals surface area contributed by atoms with Crippen LogP contribution in [0.2, 0.25) is 0 Å². The van der Waals surface area contributed by atoms with Gasteiger partial charge in [0.2, 0.25) is 0 Å². The van der Waals surface area contributed by atoms with E-state index in [1.165, 1.54) is 35.6 Å². The van der Waals surface area contributed by atoms with Crippen molar-refractivity contribution >= 4 is 17.3 Å². The second-order valence-electron chi connectivity index (χ2n) is 7.28. The summed E-state index contributed by atoms with van der Waals surface area (Å²) >= 11 is 1.80. The van der Waals surface area contributed by atoms with Gasteiger partial charge in [0, 0.05) is 44.1 Å². The molecule has 6 heteroatoms. The van der Waals surface area contributed by atoms with Crippen molar-refractivity contribution in [3.8, 4) is 0 Å². The molecule has 0 amide bonds. The van der Waals surface area contributed by atoms with E-state index in [0.717, 1.165) is 57.3 Å². The zero-order valence-electron chi connectivity index (χ0n) is 17.0. The maximum atomic E-state index is 5.61. The highest BCUT2D eigenvalue weighted by Crippen LogP contribution is 2.41. The second kappa shape index (κ2) is 10.9. The zero-order chi connectivity index (χ0) is 18.8. The van der Waals surface area contributed by atoms with Gasteiger partial charge in [0.1, 0.15) is 0 Å². The number of nitrogens with one attached hydrogen (secondary N) is 2. The molecule has 1 heterocycles. The number of nitrogens with zero attached hydrogens (tertiary/aromatic N) is 2. The van der Waals surface area contributed by atoms with Crippen molar-refractivity contribution < 1.29 is 4.74 Å². The third kappa shape index (κ3) is 6.54. The van der Waals surface area contributed by atoms with Crippen LogP contribution in [-0.2, 0) is 11.2 Å². The summed E-state index contributed by atoms with van der Waals surface area (Å²) < 4.78 is 5.61. The minimum atomic E-state index is 0.334. The lowest BCUT2D eigenvalue weighted by molar-refractivity contribution is 0.107. The third-order valence-electron chi connectivity index (χ3n) is 5.27. The molecule has 1 saturated carbocycles. The molecular formula is C20H36N4OS. The van der Waals surface area contributed by atoms with E-state index in [9.17, 15) is 0 Å². The Balaban J connectivity index is 1.87. The molecule has 1 aromatic rings. The van der Waals surface area contributed by atoms with E-state index in [2.05, 4.69) is 43.3 Å². The third-order valence-corrected chi connectivity index (χ3v) is 6.40. The summed E-state index contributed by atoms with van der Waals surface area (Å²) in [7, 11) is 0. The molecule has 0 radical (unpaired) electrons. The topological polar surface area (TPSA) is 58.5 Å². The van der Waals surface area contributed by atoms with Crippen LogP contribution in [0.25, 0.3) is 0 Å². The average Bonchev–Trinajstić information content (AvgIpc) is 3.20. The average molecular weight is 381 g/mol. The number of rotatable bonds is 10. The molecule has 26 heavy (non-hydrogen) atoms. The number of aryl methyl sites for hydroxylation is 2. The molecule has 0 spiro atoms. The van der Waals surface area contributed by atoms with E-state index in [4.69, 9.17) is 9.73 Å². The number of hydrogen-bond acceptors (Lipinski definition) is 4. The quantitative estimate of drug-likeness (QED) is 0.368. The molecule has 0 bridgehead atoms. The van der Waals surface area contributed by atoms with Crippen LogP contribution in [0.15, 0.2) is 4.99 Å². The summed E-state index contributed by atoms with van der Waals surface area (Å²) in [6.07, 6.45) is 7.28. The van der Waals surface area contributed by atoms with Crippen molar-refractivity contribution in [1.29, 1.82) is 0 Å². The summed E-state index contributed by atoms with van der Waals surface area (Å²) in [6.45, 7) is 12.7. The Hall–Kier alpha value is -1.14. The molecule has 1 aromatic heterocycles. The van der Waals surface area contributed by atoms with E-state index in [0.29, 0.717) is 5.41 Å². The summed E-state index contributed by atoms with van der Waals surface area (Å²) in [6, 6.07) is 0. The van der Waals surface area contributed by atoms with Crippen LogP contribution in [0.3, 0.4) is 0 Å². The molecule has 1 fully saturated rings. The first-order valence-electron chi connectivity index (χ1n) is 10.1. The maximum absolute atomic E-state index is 5.61. The van der Waals surface area contributed by atoms with Crippen LogP contribution < -0.4 is 10.6 Å². The van der Waals surface area contributed by atoms with Crippen molar-refractivity contribution in [1.82, 2.24) is 15.6 Å². The van der Waals surface area contributed by atoms with E-state index in [1.54, 1.807) is 11.3 Å². The molecule has 0 atom stereocenters. The Morgan fingerprint density at radius 3 is 2.62 bits per heavy atom. The highest BCUT2D eigenvalue weighted by Gasteiger charge is 2.33. The number of ether oxygens (including phenoxy) is 1. The molecular weight excluding hydrogens is 344 g/mol. The van der Waals surface area contributed by atoms with Crippen molar-refractivity contribution in [3.05, 3.63) is 15.6 Å². The van der Waals surface area contributed by atoms with Gasteiger partial charge in [-0.1, -0.05) is 12.8 Å². The van der Waals surface area contributed by atoms with Crippen LogP contribution in [0.4, 0.5) is 0 Å². The number of guanidine groups is 1. The van der Waals surface area contributed by atoms with Crippen LogP contribution in [0.5, 0.6) is 0 Å². The largest absolute Gasteiger partial charge is 0.382 e. The number of hydrogen-bond donors (Lipinski definition) is 2. The molecule has 0 saturated heterocycles. The lowest BCUT2D eigenvalue weighted by Crippen LogP contribution is -2.39. The molecule has 2 N–H and O–H groups in total. The van der Waals surface area contributed by atoms with Crippen molar-refractivity contribution in [3.63, 3.8) is 0 Å². The first-order chi connectivity index (χ1) is 12.6. The van der Waals surface area contributed by atoms with E-state index >= 15 is 0 Å². The zero-order valence-corrected chi connectivity index (χ0v) is 17.8. The second-order valence-corrected chi connectivity index (χ2v) is 8.56. The van der Waals surface area contributed by atoms with Crippen LogP contribution in [-0.4, -0.2) is 43.8 Å². The van der Waals surface area contributed by atoms with Crippen LogP contribution in [0, 0.1) is 19.3 Å². The Morgan fingerprint density at radius 2 is 2.00 bits per heavy atom. The predicted octanol–water partition coefficient (Wildman–Crippen LogP) is 3.84. The number of thiazole rings is 1. The first kappa shape index (κ1) is 21.2. The molecule has 1 aliphatic rings. The normalized spacial score (nSPS) is 16.8. The van der Waals surface area contributed by atoms with Gasteiger partial charge in [0.05, 0.1) is 10.7 Å². The Kier molecular flexibility index (Phi) is 8.85. The Morgan fingerprint density at radius 1 is 1.23 bits per heavy atom. The summed E-state index contributed by atoms with van der Waals surface area (Å²) in [4.78, 5) is 10.9. The monoisotopic (exact) mass is 380 g/mol. The van der Waals surface area contributed by atoms with E-state index in [-0.39, 0.29) is 0 Å². The fourth-order valence-electron chi connectivity index (χ4n) is 3.57. The SMILES string of the molecule is CCNC(=NCC1(CCOCC)CCCC1)NCCc1nc(C)c(C)s1. The standard InChI is InChI=1S/C20H36N4OS/c1-5-21-19(22-13-9-18-24-16(3)17(4)26-18)23-15-20(10-7-8-11-20)12-14-25-6-2/h5-15H2,1-4H3,(H2,21,22,23). The molecule has 2 rings (SSSR count). The number of aromatic nitrogens is 1. The van der Waals surface area contributed by atoms with Gasteiger partial charge in [0.15, 0.2) is 5.96 Å². The van der Waals surface area contributed by atoms with E-state index < -0.39 is 0 Å². The predicted molar refractivity (Wildman–Crippen MR) is 111 cm³/mol. The fraction of sp³-hybridized carbons (Fsp3) is 0.800. The van der Waals surface area contributed by atoms with Crippen LogP contribution in [0.1, 0.15) is 61.5 Å². The van der Waals surface area contributed by atoms with Crippen molar-refractivity contribution in [2.45, 2.75) is 66.2 Å². The van der Waals surface area contributed by atoms with Gasteiger partial charge in [-0.15, -0.1) is 11.3 Å². The fourth-order valence-corrected chi connectivity index (χ4v) is 4.50. The highest BCUT2D eigenvalue weighted by atomic mass is 32.1. The van der Waals surface area contributed by atoms with Gasteiger partial charge >= 0.3 is 0 Å². The maximum Gasteiger partial charge on any atom is 0.191 e. The molecule has 5 nitrogen and oxygen atoms in total. The van der Waals surface area contributed by atoms with Gasteiger partial charge in [-0.25, -0.2) is 4.98 Å². The van der Waals surface area contributed by atoms with Gasteiger partial charge < -0.3 is 15.4 Å². The van der Waals surface area contributed by atoms with Gasteiger partial charge in [0.25, 0.3) is 0 Å². The summed E-state index contributed by atoms with van der Waals surface area (Å²) in [5.41, 5.74) is 1.49. The molecule has 0 aromatic carbocycles. The van der Waals surface area contributed by atoms with Crippen molar-refractivity contribution in [2.24, 2.45) is 10.4 Å². The number of aliphatic imine (C=N–C) groups is 1. The van der Waals surface area contributed by atoms with Gasteiger partial charge in [-0.3, -0.25) is 4.99 Å². The summed E-state index contributed by atoms with van der Waals surface area (Å²) in [5, 5.41) is 8.07. The molecule has 1 aliphatic carbocycles. The Bertz CT molecular complexity index is 545. The van der Waals surface area contributed by atoms with Crippen molar-refractivity contribution in [2.75, 3.05) is 32.8 Å². The molecule has 0 unspecified atom stereocenters. The smallest absolute Gasteiger partial charge is 0.191 e. The lowest BCUT2D eigenvalue weighted by Gasteiger charge is -2.27. The van der Waals surface area contributed by atoms with E-state index in [1.807, 2.05) is 0 Å². The highest BCUT2D eigenvalue weighted by molar-refractivity contribution is 7.11. The minimum absolute atomic E-state index is 0.334. The molecule has 0 aliphatic heterocycles. The minimum Gasteiger partial charge on any atom is -0.382 e.